The fourth-order valence-electron chi connectivity index (χ4n) is 3.45. The van der Waals surface area contributed by atoms with Gasteiger partial charge in [0.05, 0.1) is 32.6 Å². The lowest BCUT2D eigenvalue weighted by atomic mass is 10.1. The molecule has 0 aliphatic heterocycles. The molecule has 0 spiro atoms. The molecule has 2 amide bonds. The van der Waals surface area contributed by atoms with Crippen molar-refractivity contribution >= 4 is 23.6 Å². The van der Waals surface area contributed by atoms with Crippen molar-refractivity contribution in [1.29, 1.82) is 0 Å². The Labute approximate surface area is 199 Å². The summed E-state index contributed by atoms with van der Waals surface area (Å²) in [5, 5.41) is 5.68. The molecule has 0 atom stereocenters. The number of methoxy groups -OCH3 is 3. The highest BCUT2D eigenvalue weighted by Gasteiger charge is 2.15. The average molecular weight is 461 g/mol. The van der Waals surface area contributed by atoms with Crippen molar-refractivity contribution in [3.8, 4) is 17.2 Å². The van der Waals surface area contributed by atoms with Crippen molar-refractivity contribution in [3.05, 3.63) is 89.5 Å². The van der Waals surface area contributed by atoms with Crippen LogP contribution < -0.4 is 24.8 Å². The summed E-state index contributed by atoms with van der Waals surface area (Å²) in [5.41, 5.74) is 2.59. The summed E-state index contributed by atoms with van der Waals surface area (Å²) >= 11 is 0. The van der Waals surface area contributed by atoms with Gasteiger partial charge in [-0.1, -0.05) is 42.5 Å². The Bertz CT molecular complexity index is 1160. The van der Waals surface area contributed by atoms with E-state index in [1.165, 1.54) is 27.4 Å². The highest BCUT2D eigenvalue weighted by molar-refractivity contribution is 6.07. The van der Waals surface area contributed by atoms with Crippen molar-refractivity contribution in [2.24, 2.45) is 0 Å². The zero-order chi connectivity index (χ0) is 24.3. The molecule has 176 valence electrons. The van der Waals surface area contributed by atoms with E-state index in [0.29, 0.717) is 40.6 Å². The van der Waals surface area contributed by atoms with E-state index in [2.05, 4.69) is 10.6 Å². The molecule has 34 heavy (non-hydrogen) atoms. The molecule has 0 fully saturated rings. The van der Waals surface area contributed by atoms with Crippen molar-refractivity contribution in [2.45, 2.75) is 6.42 Å². The Balaban J connectivity index is 1.68. The second kappa shape index (κ2) is 12.1. The predicted octanol–water partition coefficient (Wildman–Crippen LogP) is 4.34. The maximum absolute atomic E-state index is 12.7. The molecule has 0 aliphatic carbocycles. The fraction of sp³-hybridized carbons (Fsp3) is 0.185. The van der Waals surface area contributed by atoms with Crippen LogP contribution in [0.4, 0.5) is 5.69 Å². The molecule has 0 heterocycles. The van der Waals surface area contributed by atoms with Crippen molar-refractivity contribution in [2.75, 3.05) is 33.2 Å². The minimum Gasteiger partial charge on any atom is -0.493 e. The summed E-state index contributed by atoms with van der Waals surface area (Å²) in [6, 6.07) is 20.3. The fourth-order valence-corrected chi connectivity index (χ4v) is 3.45. The number of benzene rings is 3. The van der Waals surface area contributed by atoms with Gasteiger partial charge in [-0.05, 0) is 42.3 Å². The Morgan fingerprint density at radius 2 is 1.53 bits per heavy atom. The predicted molar refractivity (Wildman–Crippen MR) is 133 cm³/mol. The number of ether oxygens (including phenoxy) is 3. The van der Waals surface area contributed by atoms with E-state index in [-0.39, 0.29) is 11.8 Å². The first-order valence-corrected chi connectivity index (χ1v) is 10.8. The van der Waals surface area contributed by atoms with Gasteiger partial charge in [0, 0.05) is 18.2 Å². The maximum atomic E-state index is 12.7. The average Bonchev–Trinajstić information content (AvgIpc) is 2.87. The molecule has 7 heteroatoms. The van der Waals surface area contributed by atoms with E-state index < -0.39 is 0 Å². The lowest BCUT2D eigenvalue weighted by Gasteiger charge is -2.14. The van der Waals surface area contributed by atoms with Gasteiger partial charge in [-0.3, -0.25) is 9.59 Å². The van der Waals surface area contributed by atoms with Crippen molar-refractivity contribution in [1.82, 2.24) is 5.32 Å². The molecule has 0 saturated carbocycles. The summed E-state index contributed by atoms with van der Waals surface area (Å²) in [6.07, 6.45) is 3.70. The first kappa shape index (κ1) is 24.4. The SMILES string of the molecule is COc1ccc(C=CC(=O)Nc2ccccc2C(=O)NCCc2ccccc2)c(OC)c1OC. The molecule has 0 aliphatic rings. The first-order chi connectivity index (χ1) is 16.6. The van der Waals surface area contributed by atoms with E-state index in [1.54, 1.807) is 42.5 Å². The molecule has 3 aromatic rings. The van der Waals surface area contributed by atoms with Gasteiger partial charge < -0.3 is 24.8 Å². The van der Waals surface area contributed by atoms with E-state index in [0.717, 1.165) is 12.0 Å². The zero-order valence-electron chi connectivity index (χ0n) is 19.5. The molecule has 0 saturated heterocycles. The van der Waals surface area contributed by atoms with Crippen molar-refractivity contribution in [3.63, 3.8) is 0 Å². The van der Waals surface area contributed by atoms with E-state index in [4.69, 9.17) is 14.2 Å². The Kier molecular flexibility index (Phi) is 8.68. The smallest absolute Gasteiger partial charge is 0.253 e. The Morgan fingerprint density at radius 3 is 2.24 bits per heavy atom. The summed E-state index contributed by atoms with van der Waals surface area (Å²) in [4.78, 5) is 25.3. The first-order valence-electron chi connectivity index (χ1n) is 10.8. The largest absolute Gasteiger partial charge is 0.493 e. The number of hydrogen-bond donors (Lipinski definition) is 2. The quantitative estimate of drug-likeness (QED) is 0.440. The van der Waals surface area contributed by atoms with Gasteiger partial charge in [0.25, 0.3) is 5.91 Å². The highest BCUT2D eigenvalue weighted by Crippen LogP contribution is 2.40. The van der Waals surface area contributed by atoms with Crippen LogP contribution in [0.1, 0.15) is 21.5 Å². The van der Waals surface area contributed by atoms with Crippen LogP contribution in [0.2, 0.25) is 0 Å². The number of hydrogen-bond acceptors (Lipinski definition) is 5. The van der Waals surface area contributed by atoms with E-state index in [9.17, 15) is 9.59 Å². The highest BCUT2D eigenvalue weighted by atomic mass is 16.5. The number of amides is 2. The number of nitrogens with one attached hydrogen (secondary N) is 2. The van der Waals surface area contributed by atoms with E-state index in [1.807, 2.05) is 30.3 Å². The molecule has 0 aromatic heterocycles. The summed E-state index contributed by atoms with van der Waals surface area (Å²) in [5.74, 6) is 0.765. The van der Waals surface area contributed by atoms with E-state index >= 15 is 0 Å². The van der Waals surface area contributed by atoms with Gasteiger partial charge in [-0.25, -0.2) is 0 Å². The summed E-state index contributed by atoms with van der Waals surface area (Å²) in [7, 11) is 4.57. The van der Waals surface area contributed by atoms with Crippen LogP contribution in [0, 0.1) is 0 Å². The maximum Gasteiger partial charge on any atom is 0.253 e. The minimum absolute atomic E-state index is 0.252. The molecule has 7 nitrogen and oxygen atoms in total. The Hall–Kier alpha value is -4.26. The molecular weight excluding hydrogens is 432 g/mol. The second-order valence-corrected chi connectivity index (χ2v) is 7.28. The number of para-hydroxylation sites is 1. The molecule has 0 unspecified atom stereocenters. The minimum atomic E-state index is -0.388. The van der Waals surface area contributed by atoms with Crippen LogP contribution in [-0.2, 0) is 11.2 Å². The van der Waals surface area contributed by atoms with Crippen LogP contribution in [-0.4, -0.2) is 39.7 Å². The third kappa shape index (κ3) is 6.16. The third-order valence-electron chi connectivity index (χ3n) is 5.12. The van der Waals surface area contributed by atoms with Crippen LogP contribution in [0.15, 0.2) is 72.8 Å². The standard InChI is InChI=1S/C27H28N2O5/c1-32-23-15-13-20(25(33-2)26(23)34-3)14-16-24(30)29-22-12-8-7-11-21(22)27(31)28-18-17-19-9-5-4-6-10-19/h4-16H,17-18H2,1-3H3,(H,28,31)(H,29,30). The van der Waals surface area contributed by atoms with Crippen LogP contribution in [0.3, 0.4) is 0 Å². The van der Waals surface area contributed by atoms with Gasteiger partial charge in [-0.15, -0.1) is 0 Å². The lowest BCUT2D eigenvalue weighted by molar-refractivity contribution is -0.111. The molecule has 0 radical (unpaired) electrons. The summed E-state index contributed by atoms with van der Waals surface area (Å²) < 4.78 is 16.1. The van der Waals surface area contributed by atoms with Crippen LogP contribution in [0.25, 0.3) is 6.08 Å². The van der Waals surface area contributed by atoms with Gasteiger partial charge in [0.2, 0.25) is 11.7 Å². The third-order valence-corrected chi connectivity index (χ3v) is 5.12. The van der Waals surface area contributed by atoms with Crippen molar-refractivity contribution < 1.29 is 23.8 Å². The lowest BCUT2D eigenvalue weighted by Crippen LogP contribution is -2.27. The van der Waals surface area contributed by atoms with Gasteiger partial charge in [0.1, 0.15) is 0 Å². The van der Waals surface area contributed by atoms with Gasteiger partial charge >= 0.3 is 0 Å². The van der Waals surface area contributed by atoms with Gasteiger partial charge in [-0.2, -0.15) is 0 Å². The Morgan fingerprint density at radius 1 is 0.824 bits per heavy atom. The molecule has 3 aromatic carbocycles. The number of anilines is 1. The molecule has 2 N–H and O–H groups in total. The molecule has 3 rings (SSSR count). The number of carbonyl (C=O) groups excluding carboxylic acids is 2. The number of carbonyl (C=O) groups is 2. The normalized spacial score (nSPS) is 10.6. The zero-order valence-corrected chi connectivity index (χ0v) is 19.5. The topological polar surface area (TPSA) is 85.9 Å². The van der Waals surface area contributed by atoms with Gasteiger partial charge in [0.15, 0.2) is 11.5 Å². The van der Waals surface area contributed by atoms with Crippen LogP contribution >= 0.6 is 0 Å². The second-order valence-electron chi connectivity index (χ2n) is 7.28. The summed E-state index contributed by atoms with van der Waals surface area (Å²) in [6.45, 7) is 0.490. The number of rotatable bonds is 10. The van der Waals surface area contributed by atoms with Crippen LogP contribution in [0.5, 0.6) is 17.2 Å². The molecule has 0 bridgehead atoms. The monoisotopic (exact) mass is 460 g/mol. The molecular formula is C27H28N2O5.